The Morgan fingerprint density at radius 1 is 0.941 bits per heavy atom. The maximum absolute atomic E-state index is 12.7. The molecule has 0 aliphatic heterocycles. The number of aryl methyl sites for hydroxylation is 2. The first kappa shape index (κ1) is 25.2. The predicted molar refractivity (Wildman–Crippen MR) is 139 cm³/mol. The monoisotopic (exact) mass is 497 g/mol. The molecule has 3 N–H and O–H groups in total. The van der Waals surface area contributed by atoms with E-state index < -0.39 is 15.9 Å². The molecule has 0 saturated heterocycles. The number of sulfonamides is 1. The van der Waals surface area contributed by atoms with Gasteiger partial charge in [-0.2, -0.15) is 0 Å². The first-order chi connectivity index (χ1) is 16.2. The van der Waals surface area contributed by atoms with Gasteiger partial charge in [0.05, 0.1) is 17.1 Å². The lowest BCUT2D eigenvalue weighted by molar-refractivity contribution is 0.0973. The van der Waals surface area contributed by atoms with E-state index in [-0.39, 0.29) is 10.0 Å². The number of carbonyl (C=O) groups excluding carboxylic acids is 1. The molecular weight excluding hydrogens is 470 g/mol. The molecule has 0 aliphatic carbocycles. The zero-order valence-corrected chi connectivity index (χ0v) is 20.8. The van der Waals surface area contributed by atoms with Crippen LogP contribution in [-0.4, -0.2) is 26.0 Å². The molecular formula is C25H27N3O4S2. The molecule has 0 saturated carbocycles. The summed E-state index contributed by atoms with van der Waals surface area (Å²) in [4.78, 5) is 12.7. The molecule has 0 spiro atoms. The first-order valence-electron chi connectivity index (χ1n) is 10.7. The van der Waals surface area contributed by atoms with E-state index in [9.17, 15) is 13.2 Å². The molecule has 0 bridgehead atoms. The molecule has 0 fully saturated rings. The SMILES string of the molecule is CCCOc1ccccc1C(=O)NC(=S)Nc1ccc(S(=O)(=O)Nc2cc(C)cc(C)c2)cc1. The van der Waals surface area contributed by atoms with Crippen molar-refractivity contribution in [1.29, 1.82) is 0 Å². The minimum absolute atomic E-state index is 0.0827. The minimum Gasteiger partial charge on any atom is -0.493 e. The number of thiocarbonyl (C=S) groups is 1. The van der Waals surface area contributed by atoms with Gasteiger partial charge in [-0.25, -0.2) is 8.42 Å². The Kier molecular flexibility index (Phi) is 8.25. The predicted octanol–water partition coefficient (Wildman–Crippen LogP) is 5.02. The summed E-state index contributed by atoms with van der Waals surface area (Å²) in [5.74, 6) is 0.0802. The van der Waals surface area contributed by atoms with Crippen molar-refractivity contribution >= 4 is 44.6 Å². The van der Waals surface area contributed by atoms with Gasteiger partial charge < -0.3 is 10.1 Å². The van der Waals surface area contributed by atoms with Gasteiger partial charge in [0.2, 0.25) is 0 Å². The Morgan fingerprint density at radius 2 is 1.59 bits per heavy atom. The summed E-state index contributed by atoms with van der Waals surface area (Å²) in [5, 5.41) is 5.60. The lowest BCUT2D eigenvalue weighted by Gasteiger charge is -2.13. The maximum atomic E-state index is 12.7. The van der Waals surface area contributed by atoms with Crippen molar-refractivity contribution in [3.05, 3.63) is 83.4 Å². The summed E-state index contributed by atoms with van der Waals surface area (Å²) in [7, 11) is -3.75. The highest BCUT2D eigenvalue weighted by atomic mass is 32.2. The van der Waals surface area contributed by atoms with Crippen LogP contribution in [0.1, 0.15) is 34.8 Å². The third-order valence-electron chi connectivity index (χ3n) is 4.72. The van der Waals surface area contributed by atoms with Crippen LogP contribution in [0.15, 0.2) is 71.6 Å². The molecule has 0 unspecified atom stereocenters. The number of carbonyl (C=O) groups is 1. The van der Waals surface area contributed by atoms with Crippen molar-refractivity contribution in [3.63, 3.8) is 0 Å². The molecule has 3 aromatic rings. The van der Waals surface area contributed by atoms with Crippen LogP contribution >= 0.6 is 12.2 Å². The number of anilines is 2. The zero-order chi connectivity index (χ0) is 24.7. The molecule has 9 heteroatoms. The lowest BCUT2D eigenvalue weighted by Crippen LogP contribution is -2.34. The van der Waals surface area contributed by atoms with Crippen molar-refractivity contribution in [1.82, 2.24) is 5.32 Å². The quantitative estimate of drug-likeness (QED) is 0.378. The van der Waals surface area contributed by atoms with Gasteiger partial charge in [-0.05, 0) is 92.1 Å². The summed E-state index contributed by atoms with van der Waals surface area (Å²) in [6, 6.07) is 18.5. The Morgan fingerprint density at radius 3 is 2.24 bits per heavy atom. The van der Waals surface area contributed by atoms with Gasteiger partial charge in [0.15, 0.2) is 5.11 Å². The van der Waals surface area contributed by atoms with Crippen LogP contribution in [0.4, 0.5) is 11.4 Å². The molecule has 0 atom stereocenters. The van der Waals surface area contributed by atoms with Gasteiger partial charge in [0.25, 0.3) is 15.9 Å². The highest BCUT2D eigenvalue weighted by molar-refractivity contribution is 7.92. The van der Waals surface area contributed by atoms with E-state index >= 15 is 0 Å². The fourth-order valence-electron chi connectivity index (χ4n) is 3.29. The van der Waals surface area contributed by atoms with Crippen LogP contribution in [0.3, 0.4) is 0 Å². The van der Waals surface area contributed by atoms with E-state index in [0.29, 0.717) is 29.3 Å². The van der Waals surface area contributed by atoms with Crippen LogP contribution in [0.25, 0.3) is 0 Å². The summed E-state index contributed by atoms with van der Waals surface area (Å²) >= 11 is 5.25. The fourth-order valence-corrected chi connectivity index (χ4v) is 4.54. The number of ether oxygens (including phenoxy) is 1. The number of amides is 1. The Bertz CT molecular complexity index is 1270. The number of rotatable bonds is 8. The highest BCUT2D eigenvalue weighted by Crippen LogP contribution is 2.21. The van der Waals surface area contributed by atoms with Crippen molar-refractivity contribution in [3.8, 4) is 5.75 Å². The Hall–Kier alpha value is -3.43. The van der Waals surface area contributed by atoms with E-state index in [0.717, 1.165) is 17.5 Å². The second kappa shape index (κ2) is 11.1. The number of benzene rings is 3. The van der Waals surface area contributed by atoms with E-state index in [1.54, 1.807) is 48.5 Å². The minimum atomic E-state index is -3.75. The summed E-state index contributed by atoms with van der Waals surface area (Å²) in [5.41, 5.74) is 3.34. The van der Waals surface area contributed by atoms with Gasteiger partial charge in [0, 0.05) is 11.4 Å². The molecule has 3 rings (SSSR count). The van der Waals surface area contributed by atoms with Crippen LogP contribution in [-0.2, 0) is 10.0 Å². The third-order valence-corrected chi connectivity index (χ3v) is 6.32. The molecule has 0 aliphatic rings. The van der Waals surface area contributed by atoms with E-state index in [4.69, 9.17) is 17.0 Å². The van der Waals surface area contributed by atoms with Crippen LogP contribution in [0.2, 0.25) is 0 Å². The lowest BCUT2D eigenvalue weighted by atomic mass is 10.1. The number of nitrogens with one attached hydrogen (secondary N) is 3. The van der Waals surface area contributed by atoms with Gasteiger partial charge in [0.1, 0.15) is 5.75 Å². The number of hydrogen-bond donors (Lipinski definition) is 3. The second-order valence-electron chi connectivity index (χ2n) is 7.76. The van der Waals surface area contributed by atoms with E-state index in [2.05, 4.69) is 15.4 Å². The molecule has 7 nitrogen and oxygen atoms in total. The molecule has 1 amide bonds. The summed E-state index contributed by atoms with van der Waals surface area (Å²) in [6.45, 7) is 6.30. The molecule has 3 aromatic carbocycles. The van der Waals surface area contributed by atoms with Crippen molar-refractivity contribution in [2.24, 2.45) is 0 Å². The zero-order valence-electron chi connectivity index (χ0n) is 19.2. The summed E-state index contributed by atoms with van der Waals surface area (Å²) in [6.07, 6.45) is 0.821. The molecule has 0 radical (unpaired) electrons. The Balaban J connectivity index is 1.64. The molecule has 34 heavy (non-hydrogen) atoms. The third kappa shape index (κ3) is 6.79. The highest BCUT2D eigenvalue weighted by Gasteiger charge is 2.16. The van der Waals surface area contributed by atoms with E-state index in [1.165, 1.54) is 12.1 Å². The number of hydrogen-bond acceptors (Lipinski definition) is 5. The standard InChI is InChI=1S/C25H27N3O4S2/c1-4-13-32-23-8-6-5-7-22(23)24(29)27-25(33)26-19-9-11-21(12-10-19)34(30,31)28-20-15-17(2)14-18(3)16-20/h5-12,14-16,28H,4,13H2,1-3H3,(H2,26,27,29,33). The fraction of sp³-hybridized carbons (Fsp3) is 0.200. The average molecular weight is 498 g/mol. The van der Waals surface area contributed by atoms with Crippen LogP contribution in [0, 0.1) is 13.8 Å². The van der Waals surface area contributed by atoms with Crippen molar-refractivity contribution in [2.45, 2.75) is 32.1 Å². The molecule has 178 valence electrons. The smallest absolute Gasteiger partial charge is 0.261 e. The first-order valence-corrected chi connectivity index (χ1v) is 12.6. The van der Waals surface area contributed by atoms with E-state index in [1.807, 2.05) is 26.8 Å². The van der Waals surface area contributed by atoms with Crippen molar-refractivity contribution in [2.75, 3.05) is 16.6 Å². The van der Waals surface area contributed by atoms with Gasteiger partial charge in [-0.15, -0.1) is 0 Å². The average Bonchev–Trinajstić information content (AvgIpc) is 2.77. The van der Waals surface area contributed by atoms with Crippen molar-refractivity contribution < 1.29 is 17.9 Å². The van der Waals surface area contributed by atoms with Gasteiger partial charge >= 0.3 is 0 Å². The van der Waals surface area contributed by atoms with Gasteiger partial charge in [-0.1, -0.05) is 25.1 Å². The van der Waals surface area contributed by atoms with Crippen LogP contribution < -0.4 is 20.1 Å². The maximum Gasteiger partial charge on any atom is 0.261 e. The summed E-state index contributed by atoms with van der Waals surface area (Å²) < 4.78 is 33.7. The second-order valence-corrected chi connectivity index (χ2v) is 9.85. The normalized spacial score (nSPS) is 10.9. The van der Waals surface area contributed by atoms with Gasteiger partial charge in [-0.3, -0.25) is 14.8 Å². The number of para-hydroxylation sites is 1. The van der Waals surface area contributed by atoms with Crippen LogP contribution in [0.5, 0.6) is 5.75 Å². The Labute approximate surface area is 205 Å². The topological polar surface area (TPSA) is 96.5 Å². The molecule has 0 aromatic heterocycles. The molecule has 0 heterocycles. The largest absolute Gasteiger partial charge is 0.493 e.